The molecule has 0 bridgehead atoms. The molecule has 7 heteroatoms. The molecule has 30 heavy (non-hydrogen) atoms. The molecule has 170 valence electrons. The number of ether oxygens (including phenoxy) is 5. The fourth-order valence-electron chi connectivity index (χ4n) is 3.09. The molecule has 6 nitrogen and oxygen atoms in total. The Kier molecular flexibility index (Phi) is 9.08. The van der Waals surface area contributed by atoms with Crippen molar-refractivity contribution in [2.45, 2.75) is 69.9 Å². The molecule has 0 spiro atoms. The van der Waals surface area contributed by atoms with E-state index in [0.717, 1.165) is 11.3 Å². The number of hydrogen-bond acceptors (Lipinski definition) is 6. The first kappa shape index (κ1) is 25.0. The lowest BCUT2D eigenvalue weighted by molar-refractivity contribution is -0.154. The first-order chi connectivity index (χ1) is 14.1. The van der Waals surface area contributed by atoms with Crippen molar-refractivity contribution in [2.24, 2.45) is 0 Å². The monoisotopic (exact) mass is 438 g/mol. The van der Waals surface area contributed by atoms with Crippen LogP contribution in [0.15, 0.2) is 36.4 Å². The van der Waals surface area contributed by atoms with Gasteiger partial charge in [0.15, 0.2) is 8.32 Å². The first-order valence-electron chi connectivity index (χ1n) is 10.4. The summed E-state index contributed by atoms with van der Waals surface area (Å²) in [6, 6.07) is 7.87. The predicted octanol–water partition coefficient (Wildman–Crippen LogP) is 4.54. The van der Waals surface area contributed by atoms with E-state index in [0.29, 0.717) is 6.61 Å². The Balaban J connectivity index is 2.18. The van der Waals surface area contributed by atoms with Gasteiger partial charge in [0.25, 0.3) is 0 Å². The average Bonchev–Trinajstić information content (AvgIpc) is 2.70. The van der Waals surface area contributed by atoms with Gasteiger partial charge in [0, 0.05) is 14.2 Å². The molecule has 0 N–H and O–H groups in total. The largest absolute Gasteiger partial charge is 0.497 e. The molecule has 0 unspecified atom stereocenters. The van der Waals surface area contributed by atoms with Crippen molar-refractivity contribution in [3.63, 3.8) is 0 Å². The molecular weight excluding hydrogens is 400 g/mol. The minimum Gasteiger partial charge on any atom is -0.497 e. The quantitative estimate of drug-likeness (QED) is 0.304. The lowest BCUT2D eigenvalue weighted by atomic mass is 9.95. The third-order valence-electron chi connectivity index (χ3n) is 5.95. The van der Waals surface area contributed by atoms with Crippen molar-refractivity contribution < 1.29 is 28.1 Å². The van der Waals surface area contributed by atoms with Crippen LogP contribution < -0.4 is 4.74 Å². The van der Waals surface area contributed by atoms with E-state index in [1.165, 1.54) is 0 Å². The third-order valence-corrected chi connectivity index (χ3v) is 10.4. The summed E-state index contributed by atoms with van der Waals surface area (Å²) in [5.74, 6) is 0.826. The van der Waals surface area contributed by atoms with E-state index in [2.05, 4.69) is 33.9 Å². The van der Waals surface area contributed by atoms with E-state index in [9.17, 15) is 0 Å². The van der Waals surface area contributed by atoms with Crippen molar-refractivity contribution in [1.29, 1.82) is 0 Å². The molecule has 0 aromatic heterocycles. The lowest BCUT2D eigenvalue weighted by Gasteiger charge is -2.45. The maximum atomic E-state index is 6.75. The number of methoxy groups -OCH3 is 3. The van der Waals surface area contributed by atoms with E-state index in [-0.39, 0.29) is 36.2 Å². The standard InChI is InChI=1S/C23H38O6Si/c1-23(2,3)30(7,8)29-22-20(28-16-24-4)14-13-19(21(22)26-6)27-15-17-9-11-18(25-5)12-10-17/h9-14,19-22H,15-16H2,1-8H3/t19-,20-,21+,22+/m0/s1. The summed E-state index contributed by atoms with van der Waals surface area (Å²) in [5, 5.41) is 0.0672. The maximum Gasteiger partial charge on any atom is 0.192 e. The van der Waals surface area contributed by atoms with E-state index in [1.807, 2.05) is 36.4 Å². The molecule has 1 aromatic carbocycles. The van der Waals surface area contributed by atoms with Crippen molar-refractivity contribution in [3.05, 3.63) is 42.0 Å². The van der Waals surface area contributed by atoms with Gasteiger partial charge in [0.05, 0.1) is 13.7 Å². The summed E-state index contributed by atoms with van der Waals surface area (Å²) in [5.41, 5.74) is 1.07. The molecule has 1 aliphatic carbocycles. The van der Waals surface area contributed by atoms with Crippen LogP contribution in [0.5, 0.6) is 5.75 Å². The second-order valence-electron chi connectivity index (χ2n) is 9.09. The fourth-order valence-corrected chi connectivity index (χ4v) is 4.40. The highest BCUT2D eigenvalue weighted by atomic mass is 28.4. The molecule has 1 aromatic rings. The Morgan fingerprint density at radius 3 is 1.97 bits per heavy atom. The van der Waals surface area contributed by atoms with Crippen LogP contribution in [0, 0.1) is 0 Å². The van der Waals surface area contributed by atoms with Crippen LogP contribution in [-0.2, 0) is 30.0 Å². The van der Waals surface area contributed by atoms with Gasteiger partial charge >= 0.3 is 0 Å². The topological polar surface area (TPSA) is 55.4 Å². The SMILES string of the molecule is COCO[C@H]1C=C[C@H](OCc2ccc(OC)cc2)[C@@H](OC)[C@@H]1O[Si](C)(C)C(C)(C)C. The van der Waals surface area contributed by atoms with Crippen LogP contribution >= 0.6 is 0 Å². The normalized spacial score (nSPS) is 24.8. The number of hydrogen-bond donors (Lipinski definition) is 0. The number of benzene rings is 1. The maximum absolute atomic E-state index is 6.75. The fraction of sp³-hybridized carbons (Fsp3) is 0.652. The van der Waals surface area contributed by atoms with Gasteiger partial charge in [0.2, 0.25) is 0 Å². The molecule has 0 heterocycles. The molecule has 0 aliphatic heterocycles. The summed E-state index contributed by atoms with van der Waals surface area (Å²) < 4.78 is 35.1. The van der Waals surface area contributed by atoms with Crippen LogP contribution in [0.1, 0.15) is 26.3 Å². The Labute approximate surface area is 182 Å². The number of rotatable bonds is 10. The molecule has 2 rings (SSSR count). The van der Waals surface area contributed by atoms with Gasteiger partial charge in [-0.15, -0.1) is 0 Å². The zero-order chi connectivity index (χ0) is 22.4. The molecule has 4 atom stereocenters. The van der Waals surface area contributed by atoms with Crippen molar-refractivity contribution >= 4 is 8.32 Å². The van der Waals surface area contributed by atoms with Gasteiger partial charge in [-0.2, -0.15) is 0 Å². The summed E-state index contributed by atoms with van der Waals surface area (Å²) in [4.78, 5) is 0. The molecule has 1 aliphatic rings. The van der Waals surface area contributed by atoms with Crippen molar-refractivity contribution in [1.82, 2.24) is 0 Å². The highest BCUT2D eigenvalue weighted by molar-refractivity contribution is 6.74. The second-order valence-corrected chi connectivity index (χ2v) is 13.8. The molecule has 0 radical (unpaired) electrons. The third kappa shape index (κ3) is 6.39. The molecule has 0 fully saturated rings. The van der Waals surface area contributed by atoms with Crippen LogP contribution in [0.25, 0.3) is 0 Å². The molecule has 0 saturated carbocycles. The minimum atomic E-state index is -2.06. The van der Waals surface area contributed by atoms with E-state index < -0.39 is 8.32 Å². The predicted molar refractivity (Wildman–Crippen MR) is 120 cm³/mol. The van der Waals surface area contributed by atoms with Gasteiger partial charge < -0.3 is 28.1 Å². The van der Waals surface area contributed by atoms with Gasteiger partial charge in [-0.1, -0.05) is 45.1 Å². The molecule has 0 amide bonds. The average molecular weight is 439 g/mol. The van der Waals surface area contributed by atoms with E-state index in [4.69, 9.17) is 28.1 Å². The lowest BCUT2D eigenvalue weighted by Crippen LogP contribution is -2.56. The van der Waals surface area contributed by atoms with Crippen LogP contribution in [0.3, 0.4) is 0 Å². The van der Waals surface area contributed by atoms with Gasteiger partial charge in [-0.3, -0.25) is 0 Å². The Morgan fingerprint density at radius 2 is 1.47 bits per heavy atom. The summed E-state index contributed by atoms with van der Waals surface area (Å²) in [6.45, 7) is 11.8. The minimum absolute atomic E-state index is 0.0672. The molecule has 0 saturated heterocycles. The highest BCUT2D eigenvalue weighted by Gasteiger charge is 2.46. The Hall–Kier alpha value is -1.22. The Morgan fingerprint density at radius 1 is 0.867 bits per heavy atom. The zero-order valence-electron chi connectivity index (χ0n) is 19.6. The van der Waals surface area contributed by atoms with Crippen LogP contribution in [-0.4, -0.2) is 60.9 Å². The summed E-state index contributed by atoms with van der Waals surface area (Å²) in [6.07, 6.45) is 2.94. The van der Waals surface area contributed by atoms with Crippen molar-refractivity contribution in [2.75, 3.05) is 28.1 Å². The summed E-state index contributed by atoms with van der Waals surface area (Å²) in [7, 11) is 2.91. The molecular formula is C23H38O6Si. The summed E-state index contributed by atoms with van der Waals surface area (Å²) >= 11 is 0. The van der Waals surface area contributed by atoms with E-state index in [1.54, 1.807) is 21.3 Å². The smallest absolute Gasteiger partial charge is 0.192 e. The van der Waals surface area contributed by atoms with Crippen molar-refractivity contribution in [3.8, 4) is 5.75 Å². The van der Waals surface area contributed by atoms with Gasteiger partial charge in [0.1, 0.15) is 37.0 Å². The highest BCUT2D eigenvalue weighted by Crippen LogP contribution is 2.39. The van der Waals surface area contributed by atoms with E-state index >= 15 is 0 Å². The van der Waals surface area contributed by atoms with Gasteiger partial charge in [-0.05, 0) is 35.8 Å². The Bertz CT molecular complexity index is 667. The van der Waals surface area contributed by atoms with Crippen LogP contribution in [0.2, 0.25) is 18.1 Å². The van der Waals surface area contributed by atoms with Crippen LogP contribution in [0.4, 0.5) is 0 Å². The first-order valence-corrected chi connectivity index (χ1v) is 13.3. The van der Waals surface area contributed by atoms with Gasteiger partial charge in [-0.25, -0.2) is 0 Å². The zero-order valence-corrected chi connectivity index (χ0v) is 20.6. The second kappa shape index (κ2) is 10.9.